The Morgan fingerprint density at radius 1 is 0.659 bits per heavy atom. The van der Waals surface area contributed by atoms with Crippen molar-refractivity contribution in [1.29, 1.82) is 0 Å². The summed E-state index contributed by atoms with van der Waals surface area (Å²) in [5, 5.41) is 11.2. The monoisotopic (exact) mass is 607 g/mol. The summed E-state index contributed by atoms with van der Waals surface area (Å²) in [5.41, 5.74) is 3.29. The molecule has 1 unspecified atom stereocenters. The second kappa shape index (κ2) is 20.0. The third-order valence-electron chi connectivity index (χ3n) is 8.96. The maximum absolute atomic E-state index is 13.6. The fourth-order valence-corrected chi connectivity index (χ4v) is 6.11. The first-order chi connectivity index (χ1) is 20.9. The van der Waals surface area contributed by atoms with Gasteiger partial charge in [0.15, 0.2) is 0 Å². The molecule has 2 rings (SSSR count). The number of benzene rings is 2. The average Bonchev–Trinajstić information content (AvgIpc) is 2.97. The standard InChI is InChI=1S/C41H66O3/c1-8-9-10-11-12-13-14-15-16-17-18-19-20-21-22-26-29-44-39(43)35(30-33-27-24-23-25-28-33)34-31-36(40(2,3)4)38(42)37(32-34)41(5,6)7/h23-25,27-28,31-32,35,42H,8-22,26,29-30H2,1-7H3. The van der Waals surface area contributed by atoms with Crippen LogP contribution in [0.5, 0.6) is 5.75 Å². The summed E-state index contributed by atoms with van der Waals surface area (Å²) in [6, 6.07) is 14.3. The average molecular weight is 607 g/mol. The lowest BCUT2D eigenvalue weighted by molar-refractivity contribution is -0.145. The van der Waals surface area contributed by atoms with Gasteiger partial charge in [-0.3, -0.25) is 4.79 Å². The molecule has 0 amide bonds. The number of carbonyl (C=O) groups excluding carboxylic acids is 1. The van der Waals surface area contributed by atoms with Crippen LogP contribution in [0.2, 0.25) is 0 Å². The number of phenols is 1. The van der Waals surface area contributed by atoms with Gasteiger partial charge in [-0.1, -0.05) is 187 Å². The van der Waals surface area contributed by atoms with Gasteiger partial charge >= 0.3 is 5.97 Å². The molecule has 3 nitrogen and oxygen atoms in total. The van der Waals surface area contributed by atoms with Crippen LogP contribution < -0.4 is 0 Å². The van der Waals surface area contributed by atoms with Crippen molar-refractivity contribution in [1.82, 2.24) is 0 Å². The lowest BCUT2D eigenvalue weighted by atomic mass is 9.76. The Morgan fingerprint density at radius 3 is 1.48 bits per heavy atom. The van der Waals surface area contributed by atoms with Gasteiger partial charge < -0.3 is 9.84 Å². The van der Waals surface area contributed by atoms with Crippen molar-refractivity contribution in [3.05, 3.63) is 64.7 Å². The minimum Gasteiger partial charge on any atom is -0.507 e. The summed E-state index contributed by atoms with van der Waals surface area (Å²) in [7, 11) is 0. The van der Waals surface area contributed by atoms with E-state index in [1.54, 1.807) is 0 Å². The highest BCUT2D eigenvalue weighted by atomic mass is 16.5. The number of aromatic hydroxyl groups is 1. The van der Waals surface area contributed by atoms with Gasteiger partial charge in [0.25, 0.3) is 0 Å². The van der Waals surface area contributed by atoms with Crippen molar-refractivity contribution in [3.63, 3.8) is 0 Å². The Bertz CT molecular complexity index is 1020. The van der Waals surface area contributed by atoms with E-state index in [2.05, 4.69) is 60.6 Å². The smallest absolute Gasteiger partial charge is 0.313 e. The normalized spacial score (nSPS) is 12.8. The van der Waals surface area contributed by atoms with Gasteiger partial charge in [-0.25, -0.2) is 0 Å². The first kappa shape index (κ1) is 37.9. The van der Waals surface area contributed by atoms with Gasteiger partial charge in [0.2, 0.25) is 0 Å². The van der Waals surface area contributed by atoms with Gasteiger partial charge in [-0.05, 0) is 45.9 Å². The van der Waals surface area contributed by atoms with E-state index in [9.17, 15) is 9.90 Å². The van der Waals surface area contributed by atoms with Crippen molar-refractivity contribution in [2.45, 2.75) is 174 Å². The lowest BCUT2D eigenvalue weighted by Crippen LogP contribution is -2.23. The Morgan fingerprint density at radius 2 is 1.07 bits per heavy atom. The number of esters is 1. The number of carbonyl (C=O) groups is 1. The predicted molar refractivity (Wildman–Crippen MR) is 189 cm³/mol. The second-order valence-electron chi connectivity index (χ2n) is 15.2. The molecule has 0 saturated carbocycles. The van der Waals surface area contributed by atoms with Gasteiger partial charge in [0.05, 0.1) is 12.5 Å². The first-order valence-corrected chi connectivity index (χ1v) is 18.0. The Balaban J connectivity index is 1.83. The maximum Gasteiger partial charge on any atom is 0.313 e. The van der Waals surface area contributed by atoms with Gasteiger partial charge in [-0.15, -0.1) is 0 Å². The molecule has 0 spiro atoms. The summed E-state index contributed by atoms with van der Waals surface area (Å²) in [4.78, 5) is 13.6. The fraction of sp³-hybridized carbons (Fsp3) is 0.683. The van der Waals surface area contributed by atoms with E-state index in [4.69, 9.17) is 4.74 Å². The molecule has 1 atom stereocenters. The molecule has 2 aromatic rings. The molecule has 44 heavy (non-hydrogen) atoms. The fourth-order valence-electron chi connectivity index (χ4n) is 6.11. The van der Waals surface area contributed by atoms with Crippen molar-refractivity contribution >= 4 is 5.97 Å². The molecule has 2 aromatic carbocycles. The number of hydrogen-bond donors (Lipinski definition) is 1. The van der Waals surface area contributed by atoms with Crippen LogP contribution in [0.3, 0.4) is 0 Å². The Hall–Kier alpha value is -2.29. The SMILES string of the molecule is CCCCCCCCCCCCCCCCCCOC(=O)C(Cc1ccccc1)c1cc(C(C)(C)C)c(O)c(C(C)(C)C)c1. The van der Waals surface area contributed by atoms with Crippen LogP contribution in [-0.4, -0.2) is 17.7 Å². The van der Waals surface area contributed by atoms with Gasteiger partial charge in [-0.2, -0.15) is 0 Å². The number of hydrogen-bond acceptors (Lipinski definition) is 3. The minimum atomic E-state index is -0.416. The zero-order valence-corrected chi connectivity index (χ0v) is 29.6. The molecule has 3 heteroatoms. The summed E-state index contributed by atoms with van der Waals surface area (Å²) in [6.07, 6.45) is 21.8. The maximum atomic E-state index is 13.6. The predicted octanol–water partition coefficient (Wildman–Crippen LogP) is 12.1. The second-order valence-corrected chi connectivity index (χ2v) is 15.2. The highest BCUT2D eigenvalue weighted by Gasteiger charge is 2.31. The number of ether oxygens (including phenoxy) is 1. The van der Waals surface area contributed by atoms with Crippen LogP contribution in [0.25, 0.3) is 0 Å². The van der Waals surface area contributed by atoms with Crippen molar-refractivity contribution in [2.75, 3.05) is 6.61 Å². The van der Waals surface area contributed by atoms with E-state index < -0.39 is 5.92 Å². The van der Waals surface area contributed by atoms with E-state index in [1.807, 2.05) is 30.3 Å². The topological polar surface area (TPSA) is 46.5 Å². The molecule has 0 heterocycles. The molecular weight excluding hydrogens is 540 g/mol. The number of rotatable bonds is 21. The van der Waals surface area contributed by atoms with Crippen LogP contribution in [0, 0.1) is 0 Å². The molecule has 0 bridgehead atoms. The molecule has 248 valence electrons. The summed E-state index contributed by atoms with van der Waals surface area (Å²) < 4.78 is 5.93. The number of unbranched alkanes of at least 4 members (excludes halogenated alkanes) is 15. The van der Waals surface area contributed by atoms with Crippen LogP contribution in [-0.2, 0) is 26.8 Å². The molecule has 0 aliphatic carbocycles. The lowest BCUT2D eigenvalue weighted by Gasteiger charge is -2.29. The minimum absolute atomic E-state index is 0.166. The summed E-state index contributed by atoms with van der Waals surface area (Å²) in [6.45, 7) is 15.4. The summed E-state index contributed by atoms with van der Waals surface area (Å²) in [5.74, 6) is -0.241. The van der Waals surface area contributed by atoms with Crippen LogP contribution in [0.1, 0.15) is 179 Å². The van der Waals surface area contributed by atoms with Crippen molar-refractivity contribution in [2.24, 2.45) is 0 Å². The first-order valence-electron chi connectivity index (χ1n) is 18.0. The van der Waals surface area contributed by atoms with Gasteiger partial charge in [0, 0.05) is 0 Å². The Kier molecular flexibility index (Phi) is 17.2. The molecule has 0 aliphatic heterocycles. The molecule has 1 N–H and O–H groups in total. The summed E-state index contributed by atoms with van der Waals surface area (Å²) >= 11 is 0. The van der Waals surface area contributed by atoms with E-state index in [0.717, 1.165) is 35.1 Å². The largest absolute Gasteiger partial charge is 0.507 e. The van der Waals surface area contributed by atoms with Crippen LogP contribution in [0.4, 0.5) is 0 Å². The van der Waals surface area contributed by atoms with Crippen molar-refractivity contribution < 1.29 is 14.6 Å². The van der Waals surface area contributed by atoms with E-state index >= 15 is 0 Å². The molecule has 0 aromatic heterocycles. The van der Waals surface area contributed by atoms with E-state index in [0.29, 0.717) is 18.8 Å². The zero-order chi connectivity index (χ0) is 32.4. The highest BCUT2D eigenvalue weighted by Crippen LogP contribution is 2.41. The quantitative estimate of drug-likeness (QED) is 0.114. The van der Waals surface area contributed by atoms with Crippen LogP contribution in [0.15, 0.2) is 42.5 Å². The number of phenolic OH excluding ortho intramolecular Hbond substituents is 1. The van der Waals surface area contributed by atoms with E-state index in [-0.39, 0.29) is 16.8 Å². The molecule has 0 saturated heterocycles. The van der Waals surface area contributed by atoms with Crippen molar-refractivity contribution in [3.8, 4) is 5.75 Å². The molecule has 0 fully saturated rings. The van der Waals surface area contributed by atoms with Gasteiger partial charge in [0.1, 0.15) is 5.75 Å². The molecule has 0 radical (unpaired) electrons. The third kappa shape index (κ3) is 14.2. The third-order valence-corrected chi connectivity index (χ3v) is 8.96. The highest BCUT2D eigenvalue weighted by molar-refractivity contribution is 5.79. The van der Waals surface area contributed by atoms with E-state index in [1.165, 1.54) is 89.9 Å². The Labute approximate surface area is 271 Å². The van der Waals surface area contributed by atoms with Crippen LogP contribution >= 0.6 is 0 Å². The molecule has 0 aliphatic rings. The molecular formula is C41H66O3. The zero-order valence-electron chi connectivity index (χ0n) is 29.6.